The number of nitrogens with one attached hydrogen (secondary N) is 1. The highest BCUT2D eigenvalue weighted by atomic mass is 127. The van der Waals surface area contributed by atoms with Gasteiger partial charge in [0, 0.05) is 14.2 Å². The normalized spacial score (nSPS) is 11.0. The zero-order valence-corrected chi connectivity index (χ0v) is 13.9. The van der Waals surface area contributed by atoms with E-state index in [1.807, 2.05) is 25.1 Å². The lowest BCUT2D eigenvalue weighted by Crippen LogP contribution is -2.05. The van der Waals surface area contributed by atoms with E-state index < -0.39 is 0 Å². The summed E-state index contributed by atoms with van der Waals surface area (Å²) in [6.07, 6.45) is 1.44. The zero-order chi connectivity index (χ0) is 14.3. The molecule has 0 aliphatic rings. The van der Waals surface area contributed by atoms with Crippen molar-refractivity contribution in [3.05, 3.63) is 43.8 Å². The summed E-state index contributed by atoms with van der Waals surface area (Å²) in [4.78, 5) is 8.22. The van der Waals surface area contributed by atoms with Crippen LogP contribution in [0.3, 0.4) is 0 Å². The molecule has 0 unspecified atom stereocenters. The van der Waals surface area contributed by atoms with Crippen LogP contribution in [-0.4, -0.2) is 19.6 Å². The first-order valence-corrected chi connectivity index (χ1v) is 7.47. The maximum atomic E-state index is 6.13. The zero-order valence-electron chi connectivity index (χ0n) is 10.2. The van der Waals surface area contributed by atoms with E-state index in [1.165, 1.54) is 6.33 Å². The predicted octanol–water partition coefficient (Wildman–Crippen LogP) is 4.09. The number of fused-ring (bicyclic) bond motifs is 1. The van der Waals surface area contributed by atoms with Gasteiger partial charge in [0.05, 0.1) is 5.69 Å². The van der Waals surface area contributed by atoms with Crippen LogP contribution in [0.15, 0.2) is 24.5 Å². The van der Waals surface area contributed by atoms with E-state index in [-0.39, 0.29) is 0 Å². The first kappa shape index (κ1) is 13.8. The monoisotopic (exact) mass is 419 g/mol. The Labute approximate surface area is 138 Å². The average molecular weight is 420 g/mol. The molecule has 0 saturated heterocycles. The molecule has 0 fully saturated rings. The van der Waals surface area contributed by atoms with Crippen LogP contribution < -0.4 is 5.32 Å². The second-order valence-electron chi connectivity index (χ2n) is 4.10. The Morgan fingerprint density at radius 1 is 1.30 bits per heavy atom. The molecule has 20 heavy (non-hydrogen) atoms. The number of nitrogens with zero attached hydrogens (tertiary/aromatic N) is 4. The van der Waals surface area contributed by atoms with Crippen molar-refractivity contribution < 1.29 is 0 Å². The lowest BCUT2D eigenvalue weighted by molar-refractivity contribution is 0.936. The minimum Gasteiger partial charge on any atom is -0.339 e. The SMILES string of the molecule is Cc1c(Cl)nc2ncnn2c1Nc1ccc(Cl)cc1I. The quantitative estimate of drug-likeness (QED) is 0.502. The molecular weight excluding hydrogens is 412 g/mol. The third-order valence-corrected chi connectivity index (χ3v) is 4.28. The van der Waals surface area contributed by atoms with Gasteiger partial charge in [0.2, 0.25) is 0 Å². The molecule has 0 aliphatic heterocycles. The molecule has 0 atom stereocenters. The summed E-state index contributed by atoms with van der Waals surface area (Å²) in [7, 11) is 0. The van der Waals surface area contributed by atoms with Crippen LogP contribution in [0.2, 0.25) is 10.2 Å². The van der Waals surface area contributed by atoms with Gasteiger partial charge in [-0.2, -0.15) is 19.6 Å². The van der Waals surface area contributed by atoms with Gasteiger partial charge in [0.25, 0.3) is 5.78 Å². The molecule has 0 amide bonds. The Kier molecular flexibility index (Phi) is 3.70. The van der Waals surface area contributed by atoms with Crippen molar-refractivity contribution in [1.82, 2.24) is 19.6 Å². The predicted molar refractivity (Wildman–Crippen MR) is 88.0 cm³/mol. The van der Waals surface area contributed by atoms with Crippen molar-refractivity contribution in [1.29, 1.82) is 0 Å². The highest BCUT2D eigenvalue weighted by Gasteiger charge is 2.13. The molecule has 3 rings (SSSR count). The maximum absolute atomic E-state index is 6.13. The minimum absolute atomic E-state index is 0.400. The second-order valence-corrected chi connectivity index (χ2v) is 6.05. The highest BCUT2D eigenvalue weighted by Crippen LogP contribution is 2.29. The fraction of sp³-hybridized carbons (Fsp3) is 0.0833. The molecule has 0 bridgehead atoms. The van der Waals surface area contributed by atoms with Gasteiger partial charge in [0.1, 0.15) is 17.3 Å². The first-order chi connectivity index (χ1) is 9.56. The van der Waals surface area contributed by atoms with Gasteiger partial charge < -0.3 is 5.32 Å². The Balaban J connectivity index is 2.14. The van der Waals surface area contributed by atoms with Gasteiger partial charge in [-0.25, -0.2) is 0 Å². The summed E-state index contributed by atoms with van der Waals surface area (Å²) in [5.41, 5.74) is 1.72. The van der Waals surface area contributed by atoms with Gasteiger partial charge in [-0.15, -0.1) is 0 Å². The van der Waals surface area contributed by atoms with Crippen molar-refractivity contribution >= 4 is 63.1 Å². The molecule has 0 radical (unpaired) electrons. The number of hydrogen-bond acceptors (Lipinski definition) is 4. The van der Waals surface area contributed by atoms with E-state index in [9.17, 15) is 0 Å². The molecule has 102 valence electrons. The van der Waals surface area contributed by atoms with Gasteiger partial charge in [-0.05, 0) is 47.7 Å². The fourth-order valence-electron chi connectivity index (χ4n) is 1.76. The van der Waals surface area contributed by atoms with Crippen LogP contribution in [0.25, 0.3) is 5.78 Å². The Hall–Kier alpha value is -1.12. The van der Waals surface area contributed by atoms with Crippen molar-refractivity contribution in [3.8, 4) is 0 Å². The minimum atomic E-state index is 0.400. The van der Waals surface area contributed by atoms with Crippen LogP contribution in [0, 0.1) is 10.5 Å². The van der Waals surface area contributed by atoms with Gasteiger partial charge in [-0.1, -0.05) is 23.2 Å². The lowest BCUT2D eigenvalue weighted by atomic mass is 10.3. The molecule has 2 aromatic heterocycles. The third kappa shape index (κ3) is 2.43. The summed E-state index contributed by atoms with van der Waals surface area (Å²) in [6, 6.07) is 5.60. The highest BCUT2D eigenvalue weighted by molar-refractivity contribution is 14.1. The molecule has 8 heteroatoms. The number of anilines is 2. The van der Waals surface area contributed by atoms with Crippen LogP contribution in [0.5, 0.6) is 0 Å². The van der Waals surface area contributed by atoms with Gasteiger partial charge >= 0.3 is 0 Å². The van der Waals surface area contributed by atoms with E-state index >= 15 is 0 Å². The van der Waals surface area contributed by atoms with E-state index in [2.05, 4.69) is 43.0 Å². The molecule has 0 saturated carbocycles. The standard InChI is InChI=1S/C12H8Cl2IN5/c1-6-10(14)19-12-16-5-17-20(12)11(6)18-9-3-2-7(13)4-8(9)15/h2-5,18H,1H3. The topological polar surface area (TPSA) is 55.1 Å². The number of halogens is 3. The Morgan fingerprint density at radius 3 is 2.85 bits per heavy atom. The lowest BCUT2D eigenvalue weighted by Gasteiger charge is -2.13. The van der Waals surface area contributed by atoms with Gasteiger partial charge in [-0.3, -0.25) is 0 Å². The van der Waals surface area contributed by atoms with E-state index in [0.29, 0.717) is 16.0 Å². The summed E-state index contributed by atoms with van der Waals surface area (Å²) < 4.78 is 2.61. The average Bonchev–Trinajstić information content (AvgIpc) is 2.85. The van der Waals surface area contributed by atoms with Gasteiger partial charge in [0.15, 0.2) is 0 Å². The summed E-state index contributed by atoms with van der Waals surface area (Å²) in [6.45, 7) is 1.88. The molecule has 3 aromatic rings. The Bertz CT molecular complexity index is 802. The molecule has 1 N–H and O–H groups in total. The van der Waals surface area contributed by atoms with Crippen LogP contribution in [0.4, 0.5) is 11.5 Å². The number of hydrogen-bond donors (Lipinski definition) is 1. The maximum Gasteiger partial charge on any atom is 0.255 e. The smallest absolute Gasteiger partial charge is 0.255 e. The molecule has 2 heterocycles. The van der Waals surface area contributed by atoms with E-state index in [0.717, 1.165) is 20.6 Å². The summed E-state index contributed by atoms with van der Waals surface area (Å²) >= 11 is 14.3. The largest absolute Gasteiger partial charge is 0.339 e. The Morgan fingerprint density at radius 2 is 2.10 bits per heavy atom. The number of benzene rings is 1. The molecule has 0 aliphatic carbocycles. The van der Waals surface area contributed by atoms with E-state index in [4.69, 9.17) is 23.2 Å². The molecule has 1 aromatic carbocycles. The molecular formula is C12H8Cl2IN5. The fourth-order valence-corrected chi connectivity index (χ4v) is 2.93. The molecule has 0 spiro atoms. The number of rotatable bonds is 2. The second kappa shape index (κ2) is 5.34. The van der Waals surface area contributed by atoms with Crippen molar-refractivity contribution in [2.75, 3.05) is 5.32 Å². The van der Waals surface area contributed by atoms with Crippen molar-refractivity contribution in [2.24, 2.45) is 0 Å². The van der Waals surface area contributed by atoms with E-state index in [1.54, 1.807) is 4.52 Å². The summed E-state index contributed by atoms with van der Waals surface area (Å²) in [5, 5.41) is 8.56. The van der Waals surface area contributed by atoms with Crippen molar-refractivity contribution in [3.63, 3.8) is 0 Å². The van der Waals surface area contributed by atoms with Crippen LogP contribution >= 0.6 is 45.8 Å². The summed E-state index contributed by atoms with van der Waals surface area (Å²) in [5.74, 6) is 1.19. The van der Waals surface area contributed by atoms with Crippen molar-refractivity contribution in [2.45, 2.75) is 6.92 Å². The van der Waals surface area contributed by atoms with Crippen LogP contribution in [0.1, 0.15) is 5.56 Å². The first-order valence-electron chi connectivity index (χ1n) is 5.64. The molecule has 5 nitrogen and oxygen atoms in total. The number of aromatic nitrogens is 4. The third-order valence-electron chi connectivity index (χ3n) is 2.79. The van der Waals surface area contributed by atoms with Crippen LogP contribution in [-0.2, 0) is 0 Å².